The third kappa shape index (κ3) is 2.63. The molecule has 0 saturated heterocycles. The Labute approximate surface area is 160 Å². The Morgan fingerprint density at radius 3 is 2.00 bits per heavy atom. The van der Waals surface area contributed by atoms with Gasteiger partial charge in [0, 0.05) is 15.9 Å². The first-order valence-corrected chi connectivity index (χ1v) is 10.5. The van der Waals surface area contributed by atoms with E-state index in [-0.39, 0.29) is 6.79 Å². The fourth-order valence-corrected chi connectivity index (χ4v) is 6.95. The smallest absolute Gasteiger partial charge is 0.231 e. The minimum Gasteiger partial charge on any atom is -0.493 e. The molecule has 132 valence electrons. The number of hydrogen-bond donors (Lipinski definition) is 0. The average molecular weight is 431 g/mol. The van der Waals surface area contributed by atoms with Gasteiger partial charge in [-0.1, -0.05) is 60.7 Å². The second-order valence-electron chi connectivity index (χ2n) is 5.76. The lowest BCUT2D eigenvalue weighted by Gasteiger charge is -2.22. The van der Waals surface area contributed by atoms with Crippen LogP contribution in [-0.4, -0.2) is 13.9 Å². The predicted octanol–water partition coefficient (Wildman–Crippen LogP) is 3.83. The lowest BCUT2D eigenvalue weighted by atomic mass is 10.3. The van der Waals surface area contributed by atoms with E-state index < -0.39 is 7.14 Å². The van der Waals surface area contributed by atoms with Crippen LogP contribution in [0, 0.1) is 0 Å². The van der Waals surface area contributed by atoms with Gasteiger partial charge in [-0.15, -0.1) is 0 Å². The lowest BCUT2D eigenvalue weighted by Crippen LogP contribution is -2.26. The van der Waals surface area contributed by atoms with Crippen molar-refractivity contribution in [2.24, 2.45) is 0 Å². The molecule has 0 bridgehead atoms. The summed E-state index contributed by atoms with van der Waals surface area (Å²) in [6.45, 7) is 0.106. The standard InChI is InChI=1S/C20H16BrO4P/c1-23-16-12-17(18(21)20-19(16)24-13-25-20)26(22,14-8-4-2-5-9-14)15-10-6-3-7-11-15/h2-12H,13H2,1H3. The first-order valence-electron chi connectivity index (χ1n) is 8.04. The van der Waals surface area contributed by atoms with E-state index in [9.17, 15) is 4.57 Å². The van der Waals surface area contributed by atoms with Crippen LogP contribution in [-0.2, 0) is 4.57 Å². The highest BCUT2D eigenvalue weighted by molar-refractivity contribution is 9.10. The van der Waals surface area contributed by atoms with Crippen molar-refractivity contribution in [3.63, 3.8) is 0 Å². The summed E-state index contributed by atoms with van der Waals surface area (Å²) >= 11 is 3.59. The summed E-state index contributed by atoms with van der Waals surface area (Å²) in [6, 6.07) is 20.7. The topological polar surface area (TPSA) is 44.8 Å². The summed E-state index contributed by atoms with van der Waals surface area (Å²) < 4.78 is 31.7. The molecule has 26 heavy (non-hydrogen) atoms. The first-order chi connectivity index (χ1) is 12.7. The number of fused-ring (bicyclic) bond motifs is 1. The Morgan fingerprint density at radius 1 is 0.923 bits per heavy atom. The van der Waals surface area contributed by atoms with Crippen LogP contribution in [0.25, 0.3) is 0 Å². The number of halogens is 1. The molecule has 1 aliphatic heterocycles. The van der Waals surface area contributed by atoms with Crippen LogP contribution in [0.1, 0.15) is 0 Å². The van der Waals surface area contributed by atoms with Gasteiger partial charge in [0.25, 0.3) is 0 Å². The molecular weight excluding hydrogens is 415 g/mol. The lowest BCUT2D eigenvalue weighted by molar-refractivity contribution is 0.170. The largest absolute Gasteiger partial charge is 0.493 e. The molecule has 0 spiro atoms. The van der Waals surface area contributed by atoms with Crippen molar-refractivity contribution >= 4 is 39.0 Å². The molecule has 3 aromatic carbocycles. The van der Waals surface area contributed by atoms with Crippen molar-refractivity contribution in [3.8, 4) is 17.2 Å². The average Bonchev–Trinajstić information content (AvgIpc) is 3.20. The summed E-state index contributed by atoms with van der Waals surface area (Å²) in [5.74, 6) is 1.55. The van der Waals surface area contributed by atoms with Gasteiger partial charge in [0.15, 0.2) is 18.6 Å². The Hall–Kier alpha value is -2.23. The number of ether oxygens (including phenoxy) is 3. The molecule has 0 aromatic heterocycles. The highest BCUT2D eigenvalue weighted by atomic mass is 79.9. The molecule has 0 saturated carbocycles. The second kappa shape index (κ2) is 6.82. The number of methoxy groups -OCH3 is 1. The molecule has 0 amide bonds. The zero-order valence-corrected chi connectivity index (χ0v) is 16.5. The Morgan fingerprint density at radius 2 is 1.46 bits per heavy atom. The van der Waals surface area contributed by atoms with Crippen LogP contribution in [0.15, 0.2) is 71.2 Å². The van der Waals surface area contributed by atoms with Gasteiger partial charge in [0.05, 0.1) is 11.6 Å². The summed E-state index contributed by atoms with van der Waals surface area (Å²) in [4.78, 5) is 0. The minimum atomic E-state index is -3.15. The van der Waals surface area contributed by atoms with Gasteiger partial charge in [-0.25, -0.2) is 0 Å². The van der Waals surface area contributed by atoms with Crippen LogP contribution in [0.3, 0.4) is 0 Å². The molecule has 0 aliphatic carbocycles. The molecule has 0 radical (unpaired) electrons. The van der Waals surface area contributed by atoms with Crippen LogP contribution >= 0.6 is 23.1 Å². The molecule has 4 nitrogen and oxygen atoms in total. The summed E-state index contributed by atoms with van der Waals surface area (Å²) in [7, 11) is -1.59. The van der Waals surface area contributed by atoms with E-state index in [2.05, 4.69) is 15.9 Å². The SMILES string of the molecule is COc1cc(P(=O)(c2ccccc2)c2ccccc2)c(Br)c2c1OCO2. The highest BCUT2D eigenvalue weighted by Gasteiger charge is 2.36. The molecule has 6 heteroatoms. The molecule has 4 rings (SSSR count). The maximum Gasteiger partial charge on any atom is 0.231 e. The van der Waals surface area contributed by atoms with Crippen molar-refractivity contribution in [1.82, 2.24) is 0 Å². The van der Waals surface area contributed by atoms with Crippen LogP contribution in [0.4, 0.5) is 0 Å². The van der Waals surface area contributed by atoms with Gasteiger partial charge in [-0.2, -0.15) is 0 Å². The molecule has 1 aliphatic rings. The molecule has 0 N–H and O–H groups in total. The van der Waals surface area contributed by atoms with Crippen molar-refractivity contribution in [1.29, 1.82) is 0 Å². The quantitative estimate of drug-likeness (QED) is 0.590. The summed E-state index contributed by atoms with van der Waals surface area (Å²) in [6.07, 6.45) is 0. The maximum atomic E-state index is 14.5. The Kier molecular flexibility index (Phi) is 4.51. The van der Waals surface area contributed by atoms with Gasteiger partial charge in [0.1, 0.15) is 0 Å². The van der Waals surface area contributed by atoms with E-state index in [1.165, 1.54) is 0 Å². The van der Waals surface area contributed by atoms with Crippen molar-refractivity contribution in [2.75, 3.05) is 13.9 Å². The summed E-state index contributed by atoms with van der Waals surface area (Å²) in [5, 5.41) is 2.11. The van der Waals surface area contributed by atoms with Crippen LogP contribution in [0.2, 0.25) is 0 Å². The first kappa shape index (κ1) is 17.2. The molecular formula is C20H16BrO4P. The highest BCUT2D eigenvalue weighted by Crippen LogP contribution is 2.52. The second-order valence-corrected chi connectivity index (χ2v) is 9.28. The van der Waals surface area contributed by atoms with Gasteiger partial charge < -0.3 is 18.8 Å². The molecule has 0 unspecified atom stereocenters. The fraction of sp³-hybridized carbons (Fsp3) is 0.100. The molecule has 3 aromatic rings. The normalized spacial score (nSPS) is 12.8. The van der Waals surface area contributed by atoms with E-state index in [0.717, 1.165) is 10.6 Å². The van der Waals surface area contributed by atoms with E-state index in [1.54, 1.807) is 13.2 Å². The van der Waals surface area contributed by atoms with E-state index in [1.807, 2.05) is 60.7 Å². The van der Waals surface area contributed by atoms with Gasteiger partial charge >= 0.3 is 0 Å². The van der Waals surface area contributed by atoms with E-state index in [4.69, 9.17) is 14.2 Å². The van der Waals surface area contributed by atoms with Crippen molar-refractivity contribution < 1.29 is 18.8 Å². The minimum absolute atomic E-state index is 0.106. The summed E-state index contributed by atoms with van der Waals surface area (Å²) in [5.41, 5.74) is 0. The van der Waals surface area contributed by atoms with Crippen LogP contribution in [0.5, 0.6) is 17.2 Å². The van der Waals surface area contributed by atoms with Crippen molar-refractivity contribution in [3.05, 3.63) is 71.2 Å². The van der Waals surface area contributed by atoms with Gasteiger partial charge in [-0.05, 0) is 22.0 Å². The Bertz CT molecular complexity index is 946. The Balaban J connectivity index is 2.05. The van der Waals surface area contributed by atoms with Gasteiger partial charge in [0.2, 0.25) is 12.5 Å². The third-order valence-electron chi connectivity index (χ3n) is 4.33. The zero-order valence-electron chi connectivity index (χ0n) is 14.0. The molecule has 0 atom stereocenters. The van der Waals surface area contributed by atoms with E-state index >= 15 is 0 Å². The molecule has 0 fully saturated rings. The predicted molar refractivity (Wildman–Crippen MR) is 106 cm³/mol. The van der Waals surface area contributed by atoms with Crippen molar-refractivity contribution in [2.45, 2.75) is 0 Å². The fourth-order valence-electron chi connectivity index (χ4n) is 3.08. The number of benzene rings is 3. The maximum absolute atomic E-state index is 14.5. The number of rotatable bonds is 4. The third-order valence-corrected chi connectivity index (χ3v) is 8.50. The van der Waals surface area contributed by atoms with Gasteiger partial charge in [-0.3, -0.25) is 0 Å². The van der Waals surface area contributed by atoms with Crippen LogP contribution < -0.4 is 30.1 Å². The molecule has 1 heterocycles. The number of hydrogen-bond acceptors (Lipinski definition) is 4. The monoisotopic (exact) mass is 430 g/mol. The van der Waals surface area contributed by atoms with E-state index in [0.29, 0.717) is 27.0 Å². The zero-order chi connectivity index (χ0) is 18.1.